The molecule has 132 valence electrons. The fraction of sp³-hybridized carbons (Fsp3) is 0.294. The minimum absolute atomic E-state index is 0.0226. The largest absolute Gasteiger partial charge is 0.339 e. The molecule has 6 nitrogen and oxygen atoms in total. The van der Waals surface area contributed by atoms with Gasteiger partial charge in [-0.3, -0.25) is 14.5 Å². The highest BCUT2D eigenvalue weighted by molar-refractivity contribution is 9.10. The number of piperidine rings is 1. The van der Waals surface area contributed by atoms with E-state index in [-0.39, 0.29) is 16.4 Å². The lowest BCUT2D eigenvalue weighted by Gasteiger charge is -2.27. The molecule has 0 saturated carbocycles. The van der Waals surface area contributed by atoms with Crippen molar-refractivity contribution in [2.45, 2.75) is 24.2 Å². The monoisotopic (exact) mass is 423 g/mol. The number of nitrogens with one attached hydrogen (secondary N) is 1. The molecule has 8 heteroatoms. The number of amides is 1. The molecule has 2 heterocycles. The number of nitrogens with zero attached hydrogens (tertiary/aromatic N) is 2. The topological polar surface area (TPSA) is 79.4 Å². The zero-order valence-corrected chi connectivity index (χ0v) is 15.9. The molecule has 0 aliphatic carbocycles. The average molecular weight is 424 g/mol. The Morgan fingerprint density at radius 1 is 1.12 bits per heavy atom. The number of hydrogen-bond acceptors (Lipinski definition) is 4. The lowest BCUT2D eigenvalue weighted by Crippen LogP contribution is -2.36. The zero-order chi connectivity index (χ0) is 17.9. The van der Waals surface area contributed by atoms with Crippen LogP contribution in [0, 0.1) is 0 Å². The third-order valence-corrected chi connectivity index (χ3v) is 5.88. The average Bonchev–Trinajstić information content (AvgIpc) is 2.61. The van der Waals surface area contributed by atoms with Crippen LogP contribution >= 0.6 is 15.9 Å². The van der Waals surface area contributed by atoms with Crippen molar-refractivity contribution in [2.75, 3.05) is 17.8 Å². The predicted molar refractivity (Wildman–Crippen MR) is 98.9 cm³/mol. The summed E-state index contributed by atoms with van der Waals surface area (Å²) in [7, 11) is -3.90. The Hall–Kier alpha value is -1.93. The summed E-state index contributed by atoms with van der Waals surface area (Å²) in [6.07, 6.45) is 5.97. The van der Waals surface area contributed by atoms with Gasteiger partial charge in [0.05, 0.1) is 17.4 Å². The maximum Gasteiger partial charge on any atom is 0.262 e. The maximum absolute atomic E-state index is 12.8. The summed E-state index contributed by atoms with van der Waals surface area (Å²) in [5.74, 6) is -0.243. The summed E-state index contributed by atoms with van der Waals surface area (Å²) in [4.78, 5) is 18.4. The van der Waals surface area contributed by atoms with Crippen molar-refractivity contribution >= 4 is 37.5 Å². The third kappa shape index (κ3) is 4.19. The highest BCUT2D eigenvalue weighted by Gasteiger charge is 2.26. The summed E-state index contributed by atoms with van der Waals surface area (Å²) >= 11 is 3.26. The Kier molecular flexibility index (Phi) is 5.39. The van der Waals surface area contributed by atoms with Crippen molar-refractivity contribution in [1.82, 2.24) is 9.88 Å². The minimum atomic E-state index is -3.90. The van der Waals surface area contributed by atoms with Crippen molar-refractivity contribution in [3.63, 3.8) is 0 Å². The molecule has 1 aromatic carbocycles. The first-order valence-corrected chi connectivity index (χ1v) is 10.3. The molecule has 0 radical (unpaired) electrons. The van der Waals surface area contributed by atoms with Crippen molar-refractivity contribution in [1.29, 1.82) is 0 Å². The summed E-state index contributed by atoms with van der Waals surface area (Å²) in [6.45, 7) is 1.33. The van der Waals surface area contributed by atoms with Crippen LogP contribution in [0.1, 0.15) is 29.6 Å². The van der Waals surface area contributed by atoms with Gasteiger partial charge in [0.1, 0.15) is 4.90 Å². The second-order valence-electron chi connectivity index (χ2n) is 5.85. The third-order valence-electron chi connectivity index (χ3n) is 4.01. The van der Waals surface area contributed by atoms with Crippen molar-refractivity contribution in [2.24, 2.45) is 0 Å². The van der Waals surface area contributed by atoms with Gasteiger partial charge in [-0.05, 0) is 53.4 Å². The lowest BCUT2D eigenvalue weighted by molar-refractivity contribution is 0.0720. The van der Waals surface area contributed by atoms with Crippen LogP contribution in [0.4, 0.5) is 5.69 Å². The van der Waals surface area contributed by atoms with Gasteiger partial charge >= 0.3 is 0 Å². The van der Waals surface area contributed by atoms with E-state index in [2.05, 4.69) is 25.6 Å². The molecule has 0 bridgehead atoms. The van der Waals surface area contributed by atoms with E-state index in [1.807, 2.05) is 0 Å². The van der Waals surface area contributed by atoms with Gasteiger partial charge in [-0.15, -0.1) is 0 Å². The molecule has 1 saturated heterocycles. The molecular formula is C17H18BrN3O3S. The minimum Gasteiger partial charge on any atom is -0.339 e. The Morgan fingerprint density at radius 3 is 2.56 bits per heavy atom. The van der Waals surface area contributed by atoms with E-state index in [9.17, 15) is 13.2 Å². The molecule has 3 rings (SSSR count). The van der Waals surface area contributed by atoms with Gasteiger partial charge in [-0.2, -0.15) is 0 Å². The molecule has 25 heavy (non-hydrogen) atoms. The first-order valence-electron chi connectivity index (χ1n) is 7.99. The molecule has 2 aromatic rings. The van der Waals surface area contributed by atoms with Crippen LogP contribution in [-0.4, -0.2) is 37.3 Å². The first-order chi connectivity index (χ1) is 12.0. The molecule has 1 fully saturated rings. The summed E-state index contributed by atoms with van der Waals surface area (Å²) in [5, 5.41) is 0. The van der Waals surface area contributed by atoms with Crippen molar-refractivity contribution < 1.29 is 13.2 Å². The van der Waals surface area contributed by atoms with E-state index in [1.165, 1.54) is 12.3 Å². The number of rotatable bonds is 4. The van der Waals surface area contributed by atoms with E-state index >= 15 is 0 Å². The number of pyridine rings is 1. The number of sulfonamides is 1. The zero-order valence-electron chi connectivity index (χ0n) is 13.5. The number of halogens is 1. The smallest absolute Gasteiger partial charge is 0.262 e. The number of aromatic nitrogens is 1. The Labute approximate surface area is 155 Å². The molecule has 1 amide bonds. The Morgan fingerprint density at radius 2 is 1.84 bits per heavy atom. The van der Waals surface area contributed by atoms with Crippen LogP contribution in [-0.2, 0) is 10.0 Å². The predicted octanol–water partition coefficient (Wildman–Crippen LogP) is 3.27. The van der Waals surface area contributed by atoms with Crippen molar-refractivity contribution in [3.05, 3.63) is 52.8 Å². The standard InChI is InChI=1S/C17H18BrN3O3S/c18-13-10-14(12-19-11-13)20-25(23,24)16-7-3-2-6-15(16)17(22)21-8-4-1-5-9-21/h2-3,6-7,10-12,20H,1,4-5,8-9H2. The summed E-state index contributed by atoms with van der Waals surface area (Å²) in [6, 6.07) is 7.91. The van der Waals surface area contributed by atoms with Gasteiger partial charge in [0, 0.05) is 23.8 Å². The normalized spacial score (nSPS) is 15.0. The van der Waals surface area contributed by atoms with Crippen LogP contribution < -0.4 is 4.72 Å². The van der Waals surface area contributed by atoms with Crippen LogP contribution in [0.5, 0.6) is 0 Å². The Balaban J connectivity index is 1.92. The molecule has 0 unspecified atom stereocenters. The van der Waals surface area contributed by atoms with Gasteiger partial charge in [-0.1, -0.05) is 12.1 Å². The summed E-state index contributed by atoms with van der Waals surface area (Å²) in [5.41, 5.74) is 0.523. The Bertz CT molecular complexity index is 880. The van der Waals surface area contributed by atoms with Gasteiger partial charge in [-0.25, -0.2) is 8.42 Å². The number of carbonyl (C=O) groups excluding carboxylic acids is 1. The van der Waals surface area contributed by atoms with Crippen LogP contribution in [0.2, 0.25) is 0 Å². The fourth-order valence-electron chi connectivity index (χ4n) is 2.82. The number of hydrogen-bond donors (Lipinski definition) is 1. The van der Waals surface area contributed by atoms with Crippen LogP contribution in [0.15, 0.2) is 52.1 Å². The molecule has 1 aliphatic heterocycles. The van der Waals surface area contributed by atoms with E-state index in [0.29, 0.717) is 23.2 Å². The van der Waals surface area contributed by atoms with E-state index in [4.69, 9.17) is 0 Å². The van der Waals surface area contributed by atoms with Gasteiger partial charge < -0.3 is 4.90 Å². The quantitative estimate of drug-likeness (QED) is 0.817. The molecule has 1 aromatic heterocycles. The molecule has 1 aliphatic rings. The second-order valence-corrected chi connectivity index (χ2v) is 8.41. The number of benzene rings is 1. The molecule has 0 atom stereocenters. The second kappa shape index (κ2) is 7.53. The number of carbonyl (C=O) groups is 1. The maximum atomic E-state index is 12.8. The van der Waals surface area contributed by atoms with Crippen molar-refractivity contribution in [3.8, 4) is 0 Å². The van der Waals surface area contributed by atoms with E-state index < -0.39 is 10.0 Å². The fourth-order valence-corrected chi connectivity index (χ4v) is 4.42. The highest BCUT2D eigenvalue weighted by atomic mass is 79.9. The molecule has 0 spiro atoms. The van der Waals surface area contributed by atoms with E-state index in [1.54, 1.807) is 35.4 Å². The molecule has 1 N–H and O–H groups in total. The van der Waals surface area contributed by atoms with Gasteiger partial charge in [0.2, 0.25) is 0 Å². The van der Waals surface area contributed by atoms with Gasteiger partial charge in [0.25, 0.3) is 15.9 Å². The lowest BCUT2D eigenvalue weighted by atomic mass is 10.1. The molecular weight excluding hydrogens is 406 g/mol. The van der Waals surface area contributed by atoms with Crippen LogP contribution in [0.3, 0.4) is 0 Å². The summed E-state index contributed by atoms with van der Waals surface area (Å²) < 4.78 is 28.7. The van der Waals surface area contributed by atoms with E-state index in [0.717, 1.165) is 19.3 Å². The number of likely N-dealkylation sites (tertiary alicyclic amines) is 1. The first kappa shape index (κ1) is 17.9. The van der Waals surface area contributed by atoms with Gasteiger partial charge in [0.15, 0.2) is 0 Å². The SMILES string of the molecule is O=C(c1ccccc1S(=O)(=O)Nc1cncc(Br)c1)N1CCCCC1. The van der Waals surface area contributed by atoms with Crippen LogP contribution in [0.25, 0.3) is 0 Å². The highest BCUT2D eigenvalue weighted by Crippen LogP contribution is 2.23. The number of anilines is 1.